The maximum absolute atomic E-state index is 15.4. The SMILES string of the molecule is CCCCCCC(F)(CC)C(O)C=CC1CCC2(OCCO2)C1CCC1SCCS1. The van der Waals surface area contributed by atoms with Crippen LogP contribution in [0.3, 0.4) is 0 Å². The van der Waals surface area contributed by atoms with Crippen LogP contribution in [0.1, 0.15) is 78.1 Å². The number of alkyl halides is 1. The van der Waals surface area contributed by atoms with E-state index >= 15 is 4.39 Å². The molecular formula is C24H41FO3S2. The minimum absolute atomic E-state index is 0.287. The second-order valence-corrected chi connectivity index (χ2v) is 12.0. The molecule has 3 rings (SSSR count). The van der Waals surface area contributed by atoms with Crippen LogP contribution in [0.5, 0.6) is 0 Å². The molecule has 4 unspecified atom stereocenters. The fourth-order valence-corrected chi connectivity index (χ4v) is 8.13. The third-order valence-corrected chi connectivity index (χ3v) is 10.4. The van der Waals surface area contributed by atoms with E-state index in [1.165, 1.54) is 17.9 Å². The molecule has 2 heterocycles. The number of allylic oxidation sites excluding steroid dienone is 1. The monoisotopic (exact) mass is 460 g/mol. The summed E-state index contributed by atoms with van der Waals surface area (Å²) in [5, 5.41) is 10.7. The van der Waals surface area contributed by atoms with Gasteiger partial charge in [0.05, 0.1) is 17.8 Å². The smallest absolute Gasteiger partial charge is 0.171 e. The average Bonchev–Trinajstić information content (AvgIpc) is 3.51. The second-order valence-electron chi connectivity index (χ2n) is 9.09. The van der Waals surface area contributed by atoms with Crippen molar-refractivity contribution in [1.29, 1.82) is 0 Å². The molecule has 30 heavy (non-hydrogen) atoms. The van der Waals surface area contributed by atoms with Gasteiger partial charge in [-0.15, -0.1) is 23.5 Å². The molecule has 3 aliphatic rings. The molecule has 3 fully saturated rings. The van der Waals surface area contributed by atoms with Gasteiger partial charge in [0.25, 0.3) is 0 Å². The molecule has 0 aromatic rings. The Bertz CT molecular complexity index is 535. The van der Waals surface area contributed by atoms with Gasteiger partial charge in [-0.05, 0) is 38.0 Å². The van der Waals surface area contributed by atoms with E-state index in [4.69, 9.17) is 9.47 Å². The Morgan fingerprint density at radius 1 is 1.13 bits per heavy atom. The van der Waals surface area contributed by atoms with Gasteiger partial charge in [-0.25, -0.2) is 4.39 Å². The molecule has 1 spiro atoms. The number of aliphatic hydroxyl groups is 1. The molecule has 3 nitrogen and oxygen atoms in total. The fraction of sp³-hybridized carbons (Fsp3) is 0.917. The van der Waals surface area contributed by atoms with Gasteiger partial charge < -0.3 is 14.6 Å². The number of hydrogen-bond acceptors (Lipinski definition) is 5. The van der Waals surface area contributed by atoms with Crippen LogP contribution < -0.4 is 0 Å². The van der Waals surface area contributed by atoms with Crippen molar-refractivity contribution < 1.29 is 19.0 Å². The van der Waals surface area contributed by atoms with Crippen molar-refractivity contribution in [3.05, 3.63) is 12.2 Å². The lowest BCUT2D eigenvalue weighted by atomic mass is 9.85. The number of unbranched alkanes of at least 4 members (excludes halogenated alkanes) is 3. The van der Waals surface area contributed by atoms with Crippen LogP contribution in [0.2, 0.25) is 0 Å². The van der Waals surface area contributed by atoms with Crippen LogP contribution >= 0.6 is 23.5 Å². The summed E-state index contributed by atoms with van der Waals surface area (Å²) in [6.45, 7) is 5.35. The normalized spacial score (nSPS) is 29.9. The Hall–Kier alpha value is 0.250. The van der Waals surface area contributed by atoms with Crippen LogP contribution in [0.15, 0.2) is 12.2 Å². The molecule has 174 valence electrons. The average molecular weight is 461 g/mol. The highest BCUT2D eigenvalue weighted by Crippen LogP contribution is 2.50. The summed E-state index contributed by atoms with van der Waals surface area (Å²) in [5.41, 5.74) is -1.52. The van der Waals surface area contributed by atoms with Crippen molar-refractivity contribution in [2.75, 3.05) is 24.7 Å². The van der Waals surface area contributed by atoms with Crippen molar-refractivity contribution in [2.24, 2.45) is 11.8 Å². The standard InChI is InChI=1S/C24H41FO3S2/c1-3-5-6-7-13-23(25,4-2)21(26)10-8-19-12-14-24(27-15-16-28-24)20(19)9-11-22-29-17-18-30-22/h8,10,19-22,26H,3-7,9,11-18H2,1-2H3. The highest BCUT2D eigenvalue weighted by atomic mass is 32.2. The first kappa shape index (κ1) is 24.9. The van der Waals surface area contributed by atoms with Gasteiger partial charge in [-0.2, -0.15) is 0 Å². The zero-order valence-electron chi connectivity index (χ0n) is 18.8. The van der Waals surface area contributed by atoms with Gasteiger partial charge >= 0.3 is 0 Å². The zero-order valence-corrected chi connectivity index (χ0v) is 20.5. The first-order valence-electron chi connectivity index (χ1n) is 12.1. The van der Waals surface area contributed by atoms with E-state index < -0.39 is 17.6 Å². The molecule has 2 aliphatic heterocycles. The molecule has 1 aliphatic carbocycles. The van der Waals surface area contributed by atoms with E-state index in [0.29, 0.717) is 36.6 Å². The maximum Gasteiger partial charge on any atom is 0.171 e. The minimum Gasteiger partial charge on any atom is -0.386 e. The fourth-order valence-electron chi connectivity index (χ4n) is 5.26. The first-order chi connectivity index (χ1) is 14.5. The topological polar surface area (TPSA) is 38.7 Å². The Labute approximate surface area is 191 Å². The summed E-state index contributed by atoms with van der Waals surface area (Å²) < 4.78 is 28.3. The van der Waals surface area contributed by atoms with Gasteiger partial charge in [-0.1, -0.05) is 51.7 Å². The van der Waals surface area contributed by atoms with Crippen LogP contribution in [0, 0.1) is 11.8 Å². The number of hydrogen-bond donors (Lipinski definition) is 1. The van der Waals surface area contributed by atoms with E-state index in [1.807, 2.05) is 6.92 Å². The lowest BCUT2D eigenvalue weighted by Crippen LogP contribution is -2.37. The van der Waals surface area contributed by atoms with Gasteiger partial charge in [0, 0.05) is 23.8 Å². The quantitative estimate of drug-likeness (QED) is 0.271. The summed E-state index contributed by atoms with van der Waals surface area (Å²) >= 11 is 4.13. The number of ether oxygens (including phenoxy) is 2. The van der Waals surface area contributed by atoms with Crippen molar-refractivity contribution in [1.82, 2.24) is 0 Å². The molecule has 1 saturated carbocycles. The summed E-state index contributed by atoms with van der Waals surface area (Å²) in [7, 11) is 0. The van der Waals surface area contributed by atoms with Crippen molar-refractivity contribution in [3.8, 4) is 0 Å². The van der Waals surface area contributed by atoms with Crippen molar-refractivity contribution >= 4 is 23.5 Å². The van der Waals surface area contributed by atoms with E-state index in [9.17, 15) is 5.11 Å². The van der Waals surface area contributed by atoms with Gasteiger partial charge in [0.2, 0.25) is 0 Å². The lowest BCUT2D eigenvalue weighted by Gasteiger charge is -2.32. The zero-order chi connectivity index (χ0) is 21.5. The van der Waals surface area contributed by atoms with E-state index in [-0.39, 0.29) is 5.92 Å². The van der Waals surface area contributed by atoms with Crippen molar-refractivity contribution in [3.63, 3.8) is 0 Å². The largest absolute Gasteiger partial charge is 0.386 e. The molecule has 0 aromatic carbocycles. The predicted octanol–water partition coefficient (Wildman–Crippen LogP) is 6.35. The van der Waals surface area contributed by atoms with Crippen LogP contribution in [-0.4, -0.2) is 52.0 Å². The molecular weight excluding hydrogens is 419 g/mol. The Balaban J connectivity index is 1.60. The minimum atomic E-state index is -1.52. The molecule has 0 bridgehead atoms. The maximum atomic E-state index is 15.4. The number of thioether (sulfide) groups is 2. The molecule has 2 saturated heterocycles. The van der Waals surface area contributed by atoms with Crippen LogP contribution in [0.25, 0.3) is 0 Å². The third-order valence-electron chi connectivity index (χ3n) is 7.19. The number of halogens is 1. The predicted molar refractivity (Wildman–Crippen MR) is 127 cm³/mol. The Morgan fingerprint density at radius 3 is 2.53 bits per heavy atom. The molecule has 0 aromatic heterocycles. The molecule has 0 amide bonds. The molecule has 1 N–H and O–H groups in total. The Kier molecular flexibility index (Phi) is 9.89. The van der Waals surface area contributed by atoms with Crippen molar-refractivity contribution in [2.45, 2.75) is 100 Å². The second kappa shape index (κ2) is 11.9. The highest BCUT2D eigenvalue weighted by Gasteiger charge is 2.52. The van der Waals surface area contributed by atoms with Crippen LogP contribution in [0.4, 0.5) is 4.39 Å². The first-order valence-corrected chi connectivity index (χ1v) is 14.2. The summed E-state index contributed by atoms with van der Waals surface area (Å²) in [6.07, 6.45) is 11.9. The van der Waals surface area contributed by atoms with E-state index in [2.05, 4.69) is 36.5 Å². The highest BCUT2D eigenvalue weighted by molar-refractivity contribution is 8.20. The molecule has 6 heteroatoms. The summed E-state index contributed by atoms with van der Waals surface area (Å²) in [4.78, 5) is 0. The van der Waals surface area contributed by atoms with Crippen LogP contribution in [-0.2, 0) is 9.47 Å². The summed E-state index contributed by atoms with van der Waals surface area (Å²) in [6, 6.07) is 0. The number of rotatable bonds is 12. The Morgan fingerprint density at radius 2 is 1.87 bits per heavy atom. The van der Waals surface area contributed by atoms with Gasteiger partial charge in [0.15, 0.2) is 5.79 Å². The summed E-state index contributed by atoms with van der Waals surface area (Å²) in [5.74, 6) is 2.63. The lowest BCUT2D eigenvalue weighted by molar-refractivity contribution is -0.185. The third kappa shape index (κ3) is 6.18. The molecule has 4 atom stereocenters. The number of aliphatic hydroxyl groups excluding tert-OH is 1. The van der Waals surface area contributed by atoms with E-state index in [1.54, 1.807) is 6.08 Å². The van der Waals surface area contributed by atoms with E-state index in [0.717, 1.165) is 44.9 Å². The van der Waals surface area contributed by atoms with Gasteiger partial charge in [0.1, 0.15) is 11.8 Å². The molecule has 0 radical (unpaired) electrons. The van der Waals surface area contributed by atoms with Gasteiger partial charge in [-0.3, -0.25) is 0 Å².